The van der Waals surface area contributed by atoms with Gasteiger partial charge in [-0.25, -0.2) is 15.0 Å². The number of fused-ring (bicyclic) bond motifs is 1. The number of hydrogen-bond acceptors (Lipinski definition) is 6. The summed E-state index contributed by atoms with van der Waals surface area (Å²) in [6.45, 7) is 3.60. The van der Waals surface area contributed by atoms with Gasteiger partial charge in [-0.1, -0.05) is 5.16 Å². The summed E-state index contributed by atoms with van der Waals surface area (Å²) >= 11 is 0. The van der Waals surface area contributed by atoms with Crippen LogP contribution in [0.5, 0.6) is 0 Å². The number of pyridine rings is 1. The predicted molar refractivity (Wildman–Crippen MR) is 108 cm³/mol. The van der Waals surface area contributed by atoms with Gasteiger partial charge in [0.15, 0.2) is 0 Å². The summed E-state index contributed by atoms with van der Waals surface area (Å²) in [5, 5.41) is 7.59. The average molecular weight is 428 g/mol. The Bertz CT molecular complexity index is 1250. The van der Waals surface area contributed by atoms with Crippen molar-refractivity contribution in [2.45, 2.75) is 45.3 Å². The summed E-state index contributed by atoms with van der Waals surface area (Å²) in [6.07, 6.45) is 0.764. The van der Waals surface area contributed by atoms with Crippen LogP contribution in [0.25, 0.3) is 33.5 Å². The van der Waals surface area contributed by atoms with Crippen molar-refractivity contribution in [3.8, 4) is 22.5 Å². The first-order chi connectivity index (χ1) is 14.8. The third kappa shape index (κ3) is 3.41. The van der Waals surface area contributed by atoms with E-state index in [4.69, 9.17) is 4.52 Å². The van der Waals surface area contributed by atoms with Gasteiger partial charge in [-0.3, -0.25) is 0 Å². The molecule has 0 aromatic carbocycles. The van der Waals surface area contributed by atoms with E-state index in [1.807, 2.05) is 6.92 Å². The zero-order valence-corrected chi connectivity index (χ0v) is 16.8. The minimum atomic E-state index is -4.59. The summed E-state index contributed by atoms with van der Waals surface area (Å²) in [6, 6.07) is 3.68. The number of nitrogens with zero attached hydrogens (tertiary/aromatic N) is 4. The molecule has 1 fully saturated rings. The molecule has 0 radical (unpaired) electrons. The van der Waals surface area contributed by atoms with Crippen LogP contribution >= 0.6 is 0 Å². The maximum absolute atomic E-state index is 13.7. The normalized spacial score (nSPS) is 14.7. The zero-order chi connectivity index (χ0) is 21.8. The average Bonchev–Trinajstić information content (AvgIpc) is 3.26. The van der Waals surface area contributed by atoms with Crippen LogP contribution in [-0.4, -0.2) is 31.1 Å². The fourth-order valence-corrected chi connectivity index (χ4v) is 3.79. The minimum Gasteiger partial charge on any atom is -0.361 e. The van der Waals surface area contributed by atoms with Crippen LogP contribution in [0.4, 0.5) is 19.1 Å². The van der Waals surface area contributed by atoms with Crippen molar-refractivity contribution in [1.29, 1.82) is 0 Å². The second-order valence-corrected chi connectivity index (χ2v) is 7.72. The van der Waals surface area contributed by atoms with E-state index in [1.54, 1.807) is 19.1 Å². The number of rotatable bonds is 4. The maximum Gasteiger partial charge on any atom is 0.419 e. The van der Waals surface area contributed by atoms with Crippen molar-refractivity contribution in [2.75, 3.05) is 5.32 Å². The first-order valence-corrected chi connectivity index (χ1v) is 9.94. The fraction of sp³-hybridized carbons (Fsp3) is 0.333. The van der Waals surface area contributed by atoms with Crippen LogP contribution in [0.2, 0.25) is 0 Å². The molecular weight excluding hydrogens is 409 g/mol. The molecule has 4 aromatic heterocycles. The quantitative estimate of drug-likeness (QED) is 0.460. The highest BCUT2D eigenvalue weighted by molar-refractivity contribution is 5.94. The Morgan fingerprint density at radius 3 is 2.61 bits per heavy atom. The third-order valence-electron chi connectivity index (χ3n) is 5.62. The second-order valence-electron chi connectivity index (χ2n) is 7.72. The lowest BCUT2D eigenvalue weighted by atomic mass is 9.93. The van der Waals surface area contributed by atoms with Gasteiger partial charge < -0.3 is 14.8 Å². The monoisotopic (exact) mass is 428 g/mol. The lowest BCUT2D eigenvalue weighted by Gasteiger charge is -2.26. The largest absolute Gasteiger partial charge is 0.419 e. The Morgan fingerprint density at radius 1 is 1.16 bits per heavy atom. The lowest BCUT2D eigenvalue weighted by molar-refractivity contribution is -0.137. The molecule has 0 aliphatic heterocycles. The number of aryl methyl sites for hydroxylation is 2. The SMILES string of the molecule is Cc1noc(C)c1-c1ccc2c(-c3nc(NC4CCC4)ncc3C(F)(F)F)c[nH]c2n1. The smallest absolute Gasteiger partial charge is 0.361 e. The highest BCUT2D eigenvalue weighted by Crippen LogP contribution is 2.39. The molecule has 5 rings (SSSR count). The Hall–Kier alpha value is -3.43. The number of anilines is 1. The number of aromatic nitrogens is 5. The van der Waals surface area contributed by atoms with E-state index in [0.717, 1.165) is 31.0 Å². The summed E-state index contributed by atoms with van der Waals surface area (Å²) in [5.41, 5.74) is 1.79. The van der Waals surface area contributed by atoms with Crippen molar-refractivity contribution < 1.29 is 17.7 Å². The van der Waals surface area contributed by atoms with Gasteiger partial charge in [-0.2, -0.15) is 13.2 Å². The molecule has 2 N–H and O–H groups in total. The molecule has 1 aliphatic rings. The molecule has 0 saturated heterocycles. The van der Waals surface area contributed by atoms with E-state index in [1.165, 1.54) is 6.20 Å². The molecule has 4 heterocycles. The maximum atomic E-state index is 13.7. The molecule has 4 aromatic rings. The molecule has 31 heavy (non-hydrogen) atoms. The molecule has 1 saturated carbocycles. The van der Waals surface area contributed by atoms with Crippen LogP contribution in [-0.2, 0) is 6.18 Å². The lowest BCUT2D eigenvalue weighted by Crippen LogP contribution is -2.28. The molecule has 7 nitrogen and oxygen atoms in total. The number of nitrogens with one attached hydrogen (secondary N) is 2. The van der Waals surface area contributed by atoms with E-state index < -0.39 is 11.7 Å². The Kier molecular flexibility index (Phi) is 4.45. The van der Waals surface area contributed by atoms with Gasteiger partial charge in [-0.15, -0.1) is 0 Å². The molecular formula is C21H19F3N6O. The second kappa shape index (κ2) is 7.07. The van der Waals surface area contributed by atoms with Gasteiger partial charge in [-0.05, 0) is 45.2 Å². The van der Waals surface area contributed by atoms with Crippen LogP contribution in [0, 0.1) is 13.8 Å². The van der Waals surface area contributed by atoms with Crippen molar-refractivity contribution in [3.05, 3.63) is 41.5 Å². The highest BCUT2D eigenvalue weighted by Gasteiger charge is 2.36. The standard InChI is InChI=1S/C21H19F3N6O/c1-10-17(11(2)31-30-10)16-7-6-13-14(8-25-19(13)28-16)18-15(21(22,23)24)9-26-20(29-18)27-12-4-3-5-12/h6-9,12H,3-5H2,1-2H3,(H,25,28)(H,26,27,29). The zero-order valence-electron chi connectivity index (χ0n) is 16.8. The van der Waals surface area contributed by atoms with Crippen LogP contribution in [0.3, 0.4) is 0 Å². The van der Waals surface area contributed by atoms with E-state index >= 15 is 0 Å². The molecule has 0 atom stereocenters. The molecule has 10 heteroatoms. The Morgan fingerprint density at radius 2 is 1.97 bits per heavy atom. The molecule has 0 amide bonds. The van der Waals surface area contributed by atoms with Crippen LogP contribution in [0.15, 0.2) is 29.0 Å². The molecule has 160 valence electrons. The number of alkyl halides is 3. The van der Waals surface area contributed by atoms with Gasteiger partial charge in [0.25, 0.3) is 0 Å². The number of halogens is 3. The molecule has 0 bridgehead atoms. The fourth-order valence-electron chi connectivity index (χ4n) is 3.79. The minimum absolute atomic E-state index is 0.178. The Labute approximate surface area is 175 Å². The first kappa shape index (κ1) is 19.5. The molecule has 1 aliphatic carbocycles. The van der Waals surface area contributed by atoms with Gasteiger partial charge >= 0.3 is 6.18 Å². The van der Waals surface area contributed by atoms with E-state index in [-0.39, 0.29) is 17.7 Å². The van der Waals surface area contributed by atoms with Gasteiger partial charge in [0, 0.05) is 29.4 Å². The number of hydrogen-bond donors (Lipinski definition) is 2. The summed E-state index contributed by atoms with van der Waals surface area (Å²) in [4.78, 5) is 15.7. The highest BCUT2D eigenvalue weighted by atomic mass is 19.4. The first-order valence-electron chi connectivity index (χ1n) is 9.94. The topological polar surface area (TPSA) is 92.5 Å². The van der Waals surface area contributed by atoms with Gasteiger partial charge in [0.05, 0.1) is 22.6 Å². The number of aromatic amines is 1. The van der Waals surface area contributed by atoms with Crippen LogP contribution in [0.1, 0.15) is 36.3 Å². The van der Waals surface area contributed by atoms with E-state index in [2.05, 4.69) is 30.4 Å². The Balaban J connectivity index is 1.62. The van der Waals surface area contributed by atoms with Crippen molar-refractivity contribution in [1.82, 2.24) is 25.1 Å². The van der Waals surface area contributed by atoms with Gasteiger partial charge in [0.1, 0.15) is 17.0 Å². The molecule has 0 unspecified atom stereocenters. The number of H-pyrrole nitrogens is 1. The molecule has 0 spiro atoms. The summed E-state index contributed by atoms with van der Waals surface area (Å²) in [7, 11) is 0. The predicted octanol–water partition coefficient (Wildman–Crippen LogP) is 5.27. The van der Waals surface area contributed by atoms with E-state index in [9.17, 15) is 13.2 Å². The van der Waals surface area contributed by atoms with Crippen molar-refractivity contribution in [2.24, 2.45) is 0 Å². The van der Waals surface area contributed by atoms with E-state index in [0.29, 0.717) is 33.7 Å². The summed E-state index contributed by atoms with van der Waals surface area (Å²) in [5.74, 6) is 0.820. The van der Waals surface area contributed by atoms with Crippen molar-refractivity contribution >= 4 is 17.0 Å². The van der Waals surface area contributed by atoms with Gasteiger partial charge in [0.2, 0.25) is 5.95 Å². The van der Waals surface area contributed by atoms with Crippen molar-refractivity contribution in [3.63, 3.8) is 0 Å². The third-order valence-corrected chi connectivity index (χ3v) is 5.62. The summed E-state index contributed by atoms with van der Waals surface area (Å²) < 4.78 is 46.3. The van der Waals surface area contributed by atoms with Crippen LogP contribution < -0.4 is 5.32 Å².